The summed E-state index contributed by atoms with van der Waals surface area (Å²) in [6.45, 7) is 7.01. The van der Waals surface area contributed by atoms with Crippen LogP contribution in [-0.2, 0) is 0 Å². The summed E-state index contributed by atoms with van der Waals surface area (Å²) in [7, 11) is 0. The smallest absolute Gasteiger partial charge is 0.00698 e. The molecule has 1 aliphatic carbocycles. The highest BCUT2D eigenvalue weighted by molar-refractivity contribution is 4.80. The van der Waals surface area contributed by atoms with Crippen molar-refractivity contribution in [1.29, 1.82) is 0 Å². The topological polar surface area (TPSA) is 26.0 Å². The van der Waals surface area contributed by atoms with Crippen LogP contribution in [-0.4, -0.2) is 6.04 Å². The molecule has 1 nitrogen and oxygen atoms in total. The van der Waals surface area contributed by atoms with E-state index in [9.17, 15) is 0 Å². The molecule has 0 amide bonds. The summed E-state index contributed by atoms with van der Waals surface area (Å²) in [5.74, 6) is 2.60. The van der Waals surface area contributed by atoms with Crippen molar-refractivity contribution in [2.24, 2.45) is 23.5 Å². The van der Waals surface area contributed by atoms with Gasteiger partial charge >= 0.3 is 0 Å². The lowest BCUT2D eigenvalue weighted by molar-refractivity contribution is 0.219. The maximum absolute atomic E-state index is 6.46. The molecular weight excluding hydrogens is 206 g/mol. The molecule has 1 heteroatoms. The van der Waals surface area contributed by atoms with Crippen LogP contribution in [0.2, 0.25) is 0 Å². The average Bonchev–Trinajstić information content (AvgIpc) is 2.34. The third-order valence-electron chi connectivity index (χ3n) is 4.73. The van der Waals surface area contributed by atoms with E-state index >= 15 is 0 Å². The molecule has 17 heavy (non-hydrogen) atoms. The zero-order valence-corrected chi connectivity index (χ0v) is 12.3. The van der Waals surface area contributed by atoms with Gasteiger partial charge in [-0.1, -0.05) is 59.3 Å². The lowest BCUT2D eigenvalue weighted by Crippen LogP contribution is -2.35. The highest BCUT2D eigenvalue weighted by Gasteiger charge is 2.25. The molecule has 4 unspecified atom stereocenters. The van der Waals surface area contributed by atoms with E-state index < -0.39 is 0 Å². The van der Waals surface area contributed by atoms with Crippen LogP contribution in [0.1, 0.15) is 78.6 Å². The Labute approximate surface area is 109 Å². The Hall–Kier alpha value is -0.0400. The second kappa shape index (κ2) is 8.13. The number of hydrogen-bond donors (Lipinski definition) is 1. The monoisotopic (exact) mass is 239 g/mol. The fourth-order valence-electron chi connectivity index (χ4n) is 3.43. The van der Waals surface area contributed by atoms with Crippen LogP contribution in [0.25, 0.3) is 0 Å². The summed E-state index contributed by atoms with van der Waals surface area (Å²) in [6.07, 6.45) is 12.3. The van der Waals surface area contributed by atoms with Crippen LogP contribution in [0, 0.1) is 17.8 Å². The van der Waals surface area contributed by atoms with Gasteiger partial charge in [-0.3, -0.25) is 0 Å². The fourth-order valence-corrected chi connectivity index (χ4v) is 3.43. The van der Waals surface area contributed by atoms with Crippen molar-refractivity contribution >= 4 is 0 Å². The van der Waals surface area contributed by atoms with Crippen LogP contribution in [0.5, 0.6) is 0 Å². The minimum atomic E-state index is 0.472. The summed E-state index contributed by atoms with van der Waals surface area (Å²) in [6, 6.07) is 0.472. The van der Waals surface area contributed by atoms with E-state index in [0.29, 0.717) is 6.04 Å². The quantitative estimate of drug-likeness (QED) is 0.682. The van der Waals surface area contributed by atoms with E-state index in [-0.39, 0.29) is 0 Å². The van der Waals surface area contributed by atoms with Crippen LogP contribution < -0.4 is 5.73 Å². The number of nitrogens with two attached hydrogens (primary N) is 1. The molecule has 2 N–H and O–H groups in total. The van der Waals surface area contributed by atoms with Crippen molar-refractivity contribution in [2.75, 3.05) is 0 Å². The van der Waals surface area contributed by atoms with Gasteiger partial charge in [-0.15, -0.1) is 0 Å². The fraction of sp³-hybridized carbons (Fsp3) is 1.00. The van der Waals surface area contributed by atoms with E-state index in [4.69, 9.17) is 5.73 Å². The lowest BCUT2D eigenvalue weighted by Gasteiger charge is -2.33. The summed E-state index contributed by atoms with van der Waals surface area (Å²) < 4.78 is 0. The van der Waals surface area contributed by atoms with E-state index in [0.717, 1.165) is 17.8 Å². The highest BCUT2D eigenvalue weighted by Crippen LogP contribution is 2.33. The first kappa shape index (κ1) is 15.0. The molecule has 0 saturated heterocycles. The normalized spacial score (nSPS) is 28.9. The van der Waals surface area contributed by atoms with Crippen LogP contribution in [0.4, 0.5) is 0 Å². The first-order chi connectivity index (χ1) is 8.17. The summed E-state index contributed by atoms with van der Waals surface area (Å²) >= 11 is 0. The minimum absolute atomic E-state index is 0.472. The molecule has 1 aliphatic rings. The molecular formula is C16H33N. The maximum Gasteiger partial charge on any atom is 0.00698 e. The molecule has 0 aliphatic heterocycles. The Morgan fingerprint density at radius 3 is 2.59 bits per heavy atom. The molecule has 1 fully saturated rings. The Morgan fingerprint density at radius 2 is 2.00 bits per heavy atom. The molecule has 0 spiro atoms. The molecule has 4 atom stereocenters. The molecule has 0 aromatic carbocycles. The summed E-state index contributed by atoms with van der Waals surface area (Å²) in [4.78, 5) is 0. The van der Waals surface area contributed by atoms with Crippen molar-refractivity contribution in [3.05, 3.63) is 0 Å². The molecule has 1 saturated carbocycles. The van der Waals surface area contributed by atoms with Crippen molar-refractivity contribution in [3.8, 4) is 0 Å². The highest BCUT2D eigenvalue weighted by atomic mass is 14.7. The minimum Gasteiger partial charge on any atom is -0.327 e. The van der Waals surface area contributed by atoms with Gasteiger partial charge in [-0.2, -0.15) is 0 Å². The predicted octanol–water partition coefficient (Wildman–Crippen LogP) is 4.75. The van der Waals surface area contributed by atoms with E-state index in [1.807, 2.05) is 0 Å². The van der Waals surface area contributed by atoms with Gasteiger partial charge in [-0.25, -0.2) is 0 Å². The van der Waals surface area contributed by atoms with Crippen molar-refractivity contribution in [3.63, 3.8) is 0 Å². The maximum atomic E-state index is 6.46. The Balaban J connectivity index is 2.32. The largest absolute Gasteiger partial charge is 0.327 e. The predicted molar refractivity (Wildman–Crippen MR) is 77.0 cm³/mol. The molecule has 102 valence electrons. The van der Waals surface area contributed by atoms with Gasteiger partial charge in [0.05, 0.1) is 0 Å². The average molecular weight is 239 g/mol. The number of hydrogen-bond acceptors (Lipinski definition) is 1. The third kappa shape index (κ3) is 5.42. The van der Waals surface area contributed by atoms with Crippen LogP contribution >= 0.6 is 0 Å². The zero-order chi connectivity index (χ0) is 12.7. The van der Waals surface area contributed by atoms with Crippen molar-refractivity contribution in [2.45, 2.75) is 84.6 Å². The number of rotatable bonds is 7. The van der Waals surface area contributed by atoms with Gasteiger partial charge in [0.15, 0.2) is 0 Å². The SMILES string of the molecule is CCCCC(CC)CC(N)C1CCCC(C)C1. The van der Waals surface area contributed by atoms with Crippen LogP contribution in [0.3, 0.4) is 0 Å². The van der Waals surface area contributed by atoms with Gasteiger partial charge in [0, 0.05) is 6.04 Å². The van der Waals surface area contributed by atoms with E-state index in [1.54, 1.807) is 0 Å². The lowest BCUT2D eigenvalue weighted by atomic mass is 9.76. The Bertz CT molecular complexity index is 190. The van der Waals surface area contributed by atoms with Crippen LogP contribution in [0.15, 0.2) is 0 Å². The summed E-state index contributed by atoms with van der Waals surface area (Å²) in [5, 5.41) is 0. The van der Waals surface area contributed by atoms with Gasteiger partial charge < -0.3 is 5.73 Å². The number of unbranched alkanes of at least 4 members (excludes halogenated alkanes) is 1. The molecule has 0 radical (unpaired) electrons. The van der Waals surface area contributed by atoms with E-state index in [1.165, 1.54) is 57.8 Å². The molecule has 0 aromatic heterocycles. The molecule has 0 heterocycles. The molecule has 0 bridgehead atoms. The van der Waals surface area contributed by atoms with Gasteiger partial charge in [-0.05, 0) is 37.0 Å². The van der Waals surface area contributed by atoms with E-state index in [2.05, 4.69) is 20.8 Å². The summed E-state index contributed by atoms with van der Waals surface area (Å²) in [5.41, 5.74) is 6.46. The Morgan fingerprint density at radius 1 is 1.24 bits per heavy atom. The second-order valence-corrected chi connectivity index (χ2v) is 6.35. The third-order valence-corrected chi connectivity index (χ3v) is 4.73. The molecule has 1 rings (SSSR count). The Kier molecular flexibility index (Phi) is 7.18. The van der Waals surface area contributed by atoms with Gasteiger partial charge in [0.1, 0.15) is 0 Å². The second-order valence-electron chi connectivity index (χ2n) is 6.35. The van der Waals surface area contributed by atoms with Gasteiger partial charge in [0.25, 0.3) is 0 Å². The van der Waals surface area contributed by atoms with Gasteiger partial charge in [0.2, 0.25) is 0 Å². The first-order valence-corrected chi connectivity index (χ1v) is 7.92. The molecule has 0 aromatic rings. The van der Waals surface area contributed by atoms with Crippen molar-refractivity contribution in [1.82, 2.24) is 0 Å². The first-order valence-electron chi connectivity index (χ1n) is 7.92. The standard InChI is InChI=1S/C16H33N/c1-4-6-9-14(5-2)12-16(17)15-10-7-8-13(3)11-15/h13-16H,4-12,17H2,1-3H3. The van der Waals surface area contributed by atoms with Crippen molar-refractivity contribution < 1.29 is 0 Å². The zero-order valence-electron chi connectivity index (χ0n) is 12.3.